The second-order valence-electron chi connectivity index (χ2n) is 6.05. The molecule has 0 aliphatic carbocycles. The van der Waals surface area contributed by atoms with Gasteiger partial charge >= 0.3 is 0 Å². The molecule has 0 saturated heterocycles. The van der Waals surface area contributed by atoms with Gasteiger partial charge in [0, 0.05) is 13.6 Å². The van der Waals surface area contributed by atoms with Crippen molar-refractivity contribution < 1.29 is 0 Å². The zero-order valence-electron chi connectivity index (χ0n) is 12.4. The number of fused-ring (bicyclic) bond motifs is 1. The number of hydrogen-bond acceptors (Lipinski definition) is 3. The molecule has 0 radical (unpaired) electrons. The molecule has 3 heteroatoms. The minimum absolute atomic E-state index is 0.117. The highest BCUT2D eigenvalue weighted by atomic mass is 15.4. The predicted molar refractivity (Wildman–Crippen MR) is 84.9 cm³/mol. The normalized spacial score (nSPS) is 17.4. The Hall–Kier alpha value is -2.03. The average molecular weight is 267 g/mol. The molecular weight excluding hydrogens is 246 g/mol. The molecule has 20 heavy (non-hydrogen) atoms. The Morgan fingerprint density at radius 1 is 1.15 bits per heavy atom. The Bertz CT molecular complexity index is 658. The van der Waals surface area contributed by atoms with Crippen LogP contribution in [0.15, 0.2) is 47.5 Å². The fourth-order valence-corrected chi connectivity index (χ4v) is 2.47. The van der Waals surface area contributed by atoms with E-state index in [0.29, 0.717) is 0 Å². The third kappa shape index (κ3) is 2.36. The first kappa shape index (κ1) is 13.0. The van der Waals surface area contributed by atoms with Gasteiger partial charge in [-0.1, -0.05) is 36.4 Å². The number of hydrogen-bond donors (Lipinski definition) is 1. The third-order valence-corrected chi connectivity index (χ3v) is 4.11. The number of guanidine groups is 1. The molecule has 0 unspecified atom stereocenters. The van der Waals surface area contributed by atoms with E-state index in [4.69, 9.17) is 0 Å². The van der Waals surface area contributed by atoms with Gasteiger partial charge in [0.15, 0.2) is 5.96 Å². The largest absolute Gasteiger partial charge is 0.352 e. The van der Waals surface area contributed by atoms with Crippen LogP contribution in [-0.2, 0) is 6.54 Å². The summed E-state index contributed by atoms with van der Waals surface area (Å²) in [6.07, 6.45) is 0. The lowest BCUT2D eigenvalue weighted by Gasteiger charge is -2.30. The fraction of sp³-hybridized carbons (Fsp3) is 0.353. The molecule has 0 bridgehead atoms. The van der Waals surface area contributed by atoms with E-state index in [1.54, 1.807) is 0 Å². The SMILES string of the molecule is CN1C(NCc2ccc3ccccc3c2)=NCC1(C)C. The van der Waals surface area contributed by atoms with Gasteiger partial charge in [-0.2, -0.15) is 0 Å². The zero-order chi connectivity index (χ0) is 14.2. The molecule has 0 saturated carbocycles. The van der Waals surface area contributed by atoms with E-state index in [9.17, 15) is 0 Å². The van der Waals surface area contributed by atoms with Gasteiger partial charge in [0.25, 0.3) is 0 Å². The topological polar surface area (TPSA) is 27.6 Å². The van der Waals surface area contributed by atoms with Crippen molar-refractivity contribution in [1.82, 2.24) is 10.2 Å². The first-order chi connectivity index (χ1) is 9.56. The molecule has 0 atom stereocenters. The van der Waals surface area contributed by atoms with Crippen LogP contribution in [0.1, 0.15) is 19.4 Å². The summed E-state index contributed by atoms with van der Waals surface area (Å²) in [6, 6.07) is 15.0. The van der Waals surface area contributed by atoms with Gasteiger partial charge < -0.3 is 10.2 Å². The molecule has 1 aliphatic heterocycles. The summed E-state index contributed by atoms with van der Waals surface area (Å²) in [7, 11) is 2.10. The summed E-state index contributed by atoms with van der Waals surface area (Å²) in [5.41, 5.74) is 1.40. The molecule has 0 fully saturated rings. The van der Waals surface area contributed by atoms with E-state index in [-0.39, 0.29) is 5.54 Å². The molecule has 2 aromatic rings. The van der Waals surface area contributed by atoms with Crippen molar-refractivity contribution in [2.24, 2.45) is 4.99 Å². The van der Waals surface area contributed by atoms with Crippen LogP contribution in [0.25, 0.3) is 10.8 Å². The number of nitrogens with zero attached hydrogens (tertiary/aromatic N) is 2. The van der Waals surface area contributed by atoms with Crippen LogP contribution in [0.3, 0.4) is 0 Å². The zero-order valence-corrected chi connectivity index (χ0v) is 12.4. The summed E-state index contributed by atoms with van der Waals surface area (Å²) < 4.78 is 0. The van der Waals surface area contributed by atoms with E-state index in [2.05, 4.69) is 78.6 Å². The molecule has 0 amide bonds. The second-order valence-corrected chi connectivity index (χ2v) is 6.05. The highest BCUT2D eigenvalue weighted by Gasteiger charge is 2.31. The highest BCUT2D eigenvalue weighted by Crippen LogP contribution is 2.19. The number of likely N-dealkylation sites (N-methyl/N-ethyl adjacent to an activating group) is 1. The van der Waals surface area contributed by atoms with Crippen LogP contribution in [-0.4, -0.2) is 30.0 Å². The molecule has 3 rings (SSSR count). The Morgan fingerprint density at radius 3 is 2.60 bits per heavy atom. The van der Waals surface area contributed by atoms with Crippen molar-refractivity contribution in [2.45, 2.75) is 25.9 Å². The molecule has 0 aromatic heterocycles. The van der Waals surface area contributed by atoms with Crippen LogP contribution in [0, 0.1) is 0 Å². The van der Waals surface area contributed by atoms with Crippen molar-refractivity contribution in [2.75, 3.05) is 13.6 Å². The number of aliphatic imine (C=N–C) groups is 1. The Morgan fingerprint density at radius 2 is 1.90 bits per heavy atom. The van der Waals surface area contributed by atoms with Crippen molar-refractivity contribution in [3.05, 3.63) is 48.0 Å². The third-order valence-electron chi connectivity index (χ3n) is 4.11. The Labute approximate surface area is 120 Å². The van der Waals surface area contributed by atoms with Crippen LogP contribution < -0.4 is 5.32 Å². The maximum atomic E-state index is 4.58. The van der Waals surface area contributed by atoms with E-state index in [1.165, 1.54) is 16.3 Å². The number of nitrogens with one attached hydrogen (secondary N) is 1. The van der Waals surface area contributed by atoms with Gasteiger partial charge in [0.1, 0.15) is 0 Å². The molecule has 3 nitrogen and oxygen atoms in total. The van der Waals surface area contributed by atoms with Crippen molar-refractivity contribution in [1.29, 1.82) is 0 Å². The summed E-state index contributed by atoms with van der Waals surface area (Å²) in [5.74, 6) is 0.989. The summed E-state index contributed by atoms with van der Waals surface area (Å²) in [6.45, 7) is 6.08. The molecular formula is C17H21N3. The number of benzene rings is 2. The van der Waals surface area contributed by atoms with Crippen molar-refractivity contribution >= 4 is 16.7 Å². The average Bonchev–Trinajstić information content (AvgIpc) is 2.71. The summed E-state index contributed by atoms with van der Waals surface area (Å²) in [5, 5.41) is 6.01. The minimum Gasteiger partial charge on any atom is -0.352 e. The molecule has 0 spiro atoms. The van der Waals surface area contributed by atoms with Gasteiger partial charge in [-0.25, -0.2) is 0 Å². The molecule has 2 aromatic carbocycles. The molecule has 1 heterocycles. The lowest BCUT2D eigenvalue weighted by Crippen LogP contribution is -2.46. The van der Waals surface area contributed by atoms with Gasteiger partial charge in [-0.3, -0.25) is 4.99 Å². The number of rotatable bonds is 2. The smallest absolute Gasteiger partial charge is 0.194 e. The standard InChI is InChI=1S/C17H21N3/c1-17(2)12-19-16(20(17)3)18-11-13-8-9-14-6-4-5-7-15(14)10-13/h4-10H,11-12H2,1-3H3,(H,18,19). The first-order valence-electron chi connectivity index (χ1n) is 7.06. The lowest BCUT2D eigenvalue weighted by molar-refractivity contribution is 0.286. The van der Waals surface area contributed by atoms with Crippen LogP contribution in [0.2, 0.25) is 0 Å². The van der Waals surface area contributed by atoms with E-state index >= 15 is 0 Å². The van der Waals surface area contributed by atoms with Crippen LogP contribution >= 0.6 is 0 Å². The quantitative estimate of drug-likeness (QED) is 0.905. The molecule has 1 N–H and O–H groups in total. The maximum Gasteiger partial charge on any atom is 0.194 e. The first-order valence-corrected chi connectivity index (χ1v) is 7.06. The Kier molecular flexibility index (Phi) is 3.13. The lowest BCUT2D eigenvalue weighted by atomic mass is 10.1. The van der Waals surface area contributed by atoms with Crippen molar-refractivity contribution in [3.63, 3.8) is 0 Å². The van der Waals surface area contributed by atoms with E-state index in [0.717, 1.165) is 19.0 Å². The van der Waals surface area contributed by atoms with E-state index < -0.39 is 0 Å². The summed E-state index contributed by atoms with van der Waals surface area (Å²) >= 11 is 0. The fourth-order valence-electron chi connectivity index (χ4n) is 2.47. The molecule has 104 valence electrons. The van der Waals surface area contributed by atoms with Gasteiger partial charge in [0.2, 0.25) is 0 Å². The van der Waals surface area contributed by atoms with Gasteiger partial charge in [0.05, 0.1) is 12.1 Å². The predicted octanol–water partition coefficient (Wildman–Crippen LogP) is 3.01. The molecule has 1 aliphatic rings. The minimum atomic E-state index is 0.117. The Balaban J connectivity index is 1.72. The highest BCUT2D eigenvalue weighted by molar-refractivity contribution is 5.84. The van der Waals surface area contributed by atoms with Crippen LogP contribution in [0.5, 0.6) is 0 Å². The summed E-state index contributed by atoms with van der Waals surface area (Å²) in [4.78, 5) is 6.79. The monoisotopic (exact) mass is 267 g/mol. The van der Waals surface area contributed by atoms with Crippen LogP contribution in [0.4, 0.5) is 0 Å². The van der Waals surface area contributed by atoms with Gasteiger partial charge in [-0.05, 0) is 36.2 Å². The van der Waals surface area contributed by atoms with Gasteiger partial charge in [-0.15, -0.1) is 0 Å². The maximum absolute atomic E-state index is 4.58. The van der Waals surface area contributed by atoms with Crippen molar-refractivity contribution in [3.8, 4) is 0 Å². The van der Waals surface area contributed by atoms with E-state index in [1.807, 2.05) is 0 Å². The second kappa shape index (κ2) is 4.82.